The van der Waals surface area contributed by atoms with Crippen LogP contribution in [0.15, 0.2) is 18.2 Å². The molecule has 22 heavy (non-hydrogen) atoms. The largest absolute Gasteiger partial charge is 0.477 e. The minimum atomic E-state index is -0.925. The summed E-state index contributed by atoms with van der Waals surface area (Å²) in [6.07, 6.45) is 0.730. The van der Waals surface area contributed by atoms with Crippen LogP contribution in [-0.4, -0.2) is 20.5 Å². The van der Waals surface area contributed by atoms with Gasteiger partial charge in [-0.3, -0.25) is 4.40 Å². The predicted octanol–water partition coefficient (Wildman–Crippen LogP) is 4.94. The maximum Gasteiger partial charge on any atom is 0.347 e. The van der Waals surface area contributed by atoms with E-state index in [-0.39, 0.29) is 0 Å². The van der Waals surface area contributed by atoms with Crippen molar-refractivity contribution < 1.29 is 9.90 Å². The average Bonchev–Trinajstić information content (AvgIpc) is 2.99. The molecule has 3 aromatic rings. The number of aryl methyl sites for hydroxylation is 2. The fourth-order valence-electron chi connectivity index (χ4n) is 2.51. The van der Waals surface area contributed by atoms with E-state index in [9.17, 15) is 9.90 Å². The second-order valence-electron chi connectivity index (χ2n) is 4.83. The van der Waals surface area contributed by atoms with E-state index in [0.717, 1.165) is 23.4 Å². The quantitative estimate of drug-likeness (QED) is 0.724. The number of nitrogens with zero attached hydrogens (tertiary/aromatic N) is 2. The smallest absolute Gasteiger partial charge is 0.347 e. The first kappa shape index (κ1) is 15.3. The lowest BCUT2D eigenvalue weighted by Crippen LogP contribution is -1.99. The first-order chi connectivity index (χ1) is 10.4. The summed E-state index contributed by atoms with van der Waals surface area (Å²) in [7, 11) is 0. The standard InChI is InChI=1S/C15H12Cl2N2O2S/c1-3-11-12(8-4-5-9(16)10(17)6-8)18-15-19(11)7(2)13(22-15)14(20)21/h4-6H,3H2,1-2H3,(H,20,21). The summed E-state index contributed by atoms with van der Waals surface area (Å²) < 4.78 is 1.91. The molecule has 0 saturated carbocycles. The van der Waals surface area contributed by atoms with E-state index in [4.69, 9.17) is 23.2 Å². The van der Waals surface area contributed by atoms with Gasteiger partial charge in [0, 0.05) is 11.3 Å². The number of hydrogen-bond acceptors (Lipinski definition) is 3. The molecule has 0 bridgehead atoms. The fraction of sp³-hybridized carbons (Fsp3) is 0.200. The van der Waals surface area contributed by atoms with E-state index in [2.05, 4.69) is 4.98 Å². The van der Waals surface area contributed by atoms with E-state index in [1.54, 1.807) is 19.1 Å². The lowest BCUT2D eigenvalue weighted by atomic mass is 10.1. The third-order valence-electron chi connectivity index (χ3n) is 3.52. The van der Waals surface area contributed by atoms with Gasteiger partial charge in [-0.25, -0.2) is 9.78 Å². The molecule has 2 heterocycles. The number of rotatable bonds is 3. The van der Waals surface area contributed by atoms with E-state index in [1.807, 2.05) is 17.4 Å². The van der Waals surface area contributed by atoms with Crippen LogP contribution in [0.3, 0.4) is 0 Å². The Morgan fingerprint density at radius 2 is 2.09 bits per heavy atom. The van der Waals surface area contributed by atoms with Crippen molar-refractivity contribution in [2.75, 3.05) is 0 Å². The zero-order valence-corrected chi connectivity index (χ0v) is 14.2. The van der Waals surface area contributed by atoms with Gasteiger partial charge in [0.25, 0.3) is 0 Å². The Bertz CT molecular complexity index is 899. The Morgan fingerprint density at radius 1 is 1.36 bits per heavy atom. The highest BCUT2D eigenvalue weighted by atomic mass is 35.5. The molecule has 0 amide bonds. The molecule has 0 aliphatic rings. The number of carboxylic acid groups (broad SMARTS) is 1. The molecule has 0 spiro atoms. The minimum Gasteiger partial charge on any atom is -0.477 e. The summed E-state index contributed by atoms with van der Waals surface area (Å²) in [6, 6.07) is 5.39. The second-order valence-corrected chi connectivity index (χ2v) is 6.62. The van der Waals surface area contributed by atoms with Crippen molar-refractivity contribution in [3.05, 3.63) is 44.5 Å². The van der Waals surface area contributed by atoms with Crippen molar-refractivity contribution in [3.8, 4) is 11.3 Å². The zero-order chi connectivity index (χ0) is 16.0. The van der Waals surface area contributed by atoms with Crippen LogP contribution in [0.4, 0.5) is 0 Å². The van der Waals surface area contributed by atoms with Crippen molar-refractivity contribution in [1.29, 1.82) is 0 Å². The number of imidazole rings is 1. The SMILES string of the molecule is CCc1c(-c2ccc(Cl)c(Cl)c2)nc2sc(C(=O)O)c(C)n12. The van der Waals surface area contributed by atoms with Gasteiger partial charge in [-0.05, 0) is 25.5 Å². The zero-order valence-electron chi connectivity index (χ0n) is 11.9. The van der Waals surface area contributed by atoms with Gasteiger partial charge in [-0.1, -0.05) is 47.5 Å². The van der Waals surface area contributed by atoms with Crippen molar-refractivity contribution in [2.45, 2.75) is 20.3 Å². The highest BCUT2D eigenvalue weighted by Crippen LogP contribution is 2.34. The van der Waals surface area contributed by atoms with Gasteiger partial charge in [0.1, 0.15) is 4.88 Å². The lowest BCUT2D eigenvalue weighted by molar-refractivity contribution is 0.0701. The fourth-order valence-corrected chi connectivity index (χ4v) is 3.79. The number of aromatic carboxylic acids is 1. The maximum atomic E-state index is 11.3. The first-order valence-corrected chi connectivity index (χ1v) is 8.20. The summed E-state index contributed by atoms with van der Waals surface area (Å²) in [6.45, 7) is 3.81. The van der Waals surface area contributed by atoms with Crippen molar-refractivity contribution in [3.63, 3.8) is 0 Å². The van der Waals surface area contributed by atoms with Crippen LogP contribution in [0, 0.1) is 6.92 Å². The molecule has 4 nitrogen and oxygen atoms in total. The van der Waals surface area contributed by atoms with E-state index in [1.165, 1.54) is 11.3 Å². The van der Waals surface area contributed by atoms with Crippen LogP contribution in [0.25, 0.3) is 16.2 Å². The molecule has 0 radical (unpaired) electrons. The van der Waals surface area contributed by atoms with Crippen LogP contribution in [0.1, 0.15) is 28.0 Å². The number of hydrogen-bond donors (Lipinski definition) is 1. The van der Waals surface area contributed by atoms with Gasteiger partial charge in [0.15, 0.2) is 4.96 Å². The van der Waals surface area contributed by atoms with Gasteiger partial charge in [0.2, 0.25) is 0 Å². The van der Waals surface area contributed by atoms with Crippen LogP contribution < -0.4 is 0 Å². The Hall–Kier alpha value is -1.56. The molecule has 2 aromatic heterocycles. The highest BCUT2D eigenvalue weighted by molar-refractivity contribution is 7.19. The van der Waals surface area contributed by atoms with Crippen LogP contribution >= 0.6 is 34.5 Å². The second kappa shape index (κ2) is 5.57. The third-order valence-corrected chi connectivity index (χ3v) is 5.39. The van der Waals surface area contributed by atoms with Crippen molar-refractivity contribution >= 4 is 45.5 Å². The topological polar surface area (TPSA) is 54.6 Å². The van der Waals surface area contributed by atoms with Gasteiger partial charge >= 0.3 is 5.97 Å². The van der Waals surface area contributed by atoms with E-state index >= 15 is 0 Å². The molecule has 3 rings (SSSR count). The molecular weight excluding hydrogens is 343 g/mol. The van der Waals surface area contributed by atoms with Crippen LogP contribution in [0.2, 0.25) is 10.0 Å². The third kappa shape index (κ3) is 2.29. The monoisotopic (exact) mass is 354 g/mol. The molecule has 0 unspecified atom stereocenters. The Morgan fingerprint density at radius 3 is 2.68 bits per heavy atom. The number of carboxylic acids is 1. The number of thiazole rings is 1. The molecule has 114 valence electrons. The molecule has 1 aromatic carbocycles. The first-order valence-electron chi connectivity index (χ1n) is 6.63. The molecule has 0 aliphatic carbocycles. The minimum absolute atomic E-state index is 0.317. The Kier molecular flexibility index (Phi) is 3.89. The van der Waals surface area contributed by atoms with Crippen molar-refractivity contribution in [1.82, 2.24) is 9.38 Å². The van der Waals surface area contributed by atoms with Gasteiger partial charge in [-0.2, -0.15) is 0 Å². The molecule has 0 fully saturated rings. The predicted molar refractivity (Wildman–Crippen MR) is 89.6 cm³/mol. The van der Waals surface area contributed by atoms with Crippen molar-refractivity contribution in [2.24, 2.45) is 0 Å². The van der Waals surface area contributed by atoms with E-state index in [0.29, 0.717) is 25.6 Å². The summed E-state index contributed by atoms with van der Waals surface area (Å²) in [5.41, 5.74) is 3.35. The average molecular weight is 355 g/mol. The molecule has 0 atom stereocenters. The summed E-state index contributed by atoms with van der Waals surface area (Å²) >= 11 is 13.2. The molecule has 7 heteroatoms. The number of aromatic nitrogens is 2. The number of fused-ring (bicyclic) bond motifs is 1. The van der Waals surface area contributed by atoms with Gasteiger partial charge < -0.3 is 5.11 Å². The Balaban J connectivity index is 2.27. The molecule has 0 saturated heterocycles. The molecule has 0 aliphatic heterocycles. The van der Waals surface area contributed by atoms with Crippen LogP contribution in [-0.2, 0) is 6.42 Å². The Labute approximate surface area is 140 Å². The maximum absolute atomic E-state index is 11.3. The summed E-state index contributed by atoms with van der Waals surface area (Å²) in [5.74, 6) is -0.925. The number of benzene rings is 1. The molecule has 1 N–H and O–H groups in total. The van der Waals surface area contributed by atoms with Crippen LogP contribution in [0.5, 0.6) is 0 Å². The summed E-state index contributed by atoms with van der Waals surface area (Å²) in [4.78, 5) is 16.9. The highest BCUT2D eigenvalue weighted by Gasteiger charge is 2.21. The normalized spacial score (nSPS) is 11.3. The van der Waals surface area contributed by atoms with Gasteiger partial charge in [0.05, 0.1) is 21.4 Å². The lowest BCUT2D eigenvalue weighted by Gasteiger charge is -2.05. The summed E-state index contributed by atoms with van der Waals surface area (Å²) in [5, 5.41) is 10.2. The number of halogens is 2. The molecular formula is C15H12Cl2N2O2S. The number of carbonyl (C=O) groups is 1. The van der Waals surface area contributed by atoms with Gasteiger partial charge in [-0.15, -0.1) is 0 Å². The van der Waals surface area contributed by atoms with E-state index < -0.39 is 5.97 Å².